The first kappa shape index (κ1) is 16.4. The zero-order valence-corrected chi connectivity index (χ0v) is 14.3. The summed E-state index contributed by atoms with van der Waals surface area (Å²) in [7, 11) is 0. The number of hydrogen-bond donors (Lipinski definition) is 2. The first-order valence-electron chi connectivity index (χ1n) is 7.15. The SMILES string of the molecule is I.NC(=NCC1CN(C2CC2)CCO1)Nc1ccccn1. The van der Waals surface area contributed by atoms with Crippen LogP contribution in [-0.4, -0.2) is 54.2 Å². The number of morpholine rings is 1. The first-order valence-corrected chi connectivity index (χ1v) is 7.15. The molecule has 1 aromatic rings. The molecule has 0 radical (unpaired) electrons. The van der Waals surface area contributed by atoms with Gasteiger partial charge in [-0.05, 0) is 25.0 Å². The predicted molar refractivity (Wildman–Crippen MR) is 94.1 cm³/mol. The minimum Gasteiger partial charge on any atom is -0.374 e. The number of halogens is 1. The summed E-state index contributed by atoms with van der Waals surface area (Å²) in [5, 5.41) is 2.98. The largest absolute Gasteiger partial charge is 0.374 e. The van der Waals surface area contributed by atoms with Crippen molar-refractivity contribution in [3.05, 3.63) is 24.4 Å². The first-order chi connectivity index (χ1) is 9.81. The van der Waals surface area contributed by atoms with Crippen molar-refractivity contribution in [3.63, 3.8) is 0 Å². The third-order valence-corrected chi connectivity index (χ3v) is 3.62. The molecule has 2 heterocycles. The minimum atomic E-state index is 0. The van der Waals surface area contributed by atoms with Crippen molar-refractivity contribution in [2.75, 3.05) is 31.6 Å². The van der Waals surface area contributed by atoms with E-state index in [1.807, 2.05) is 18.2 Å². The summed E-state index contributed by atoms with van der Waals surface area (Å²) in [4.78, 5) is 11.0. The van der Waals surface area contributed by atoms with Crippen molar-refractivity contribution < 1.29 is 4.74 Å². The molecular formula is C14H22IN5O. The van der Waals surface area contributed by atoms with Gasteiger partial charge < -0.3 is 15.8 Å². The normalized spacial score (nSPS) is 23.4. The molecular weight excluding hydrogens is 381 g/mol. The number of hydrogen-bond acceptors (Lipinski definition) is 4. The Bertz CT molecular complexity index is 466. The van der Waals surface area contributed by atoms with Gasteiger partial charge in [0, 0.05) is 25.3 Å². The summed E-state index contributed by atoms with van der Waals surface area (Å²) in [5.41, 5.74) is 5.86. The number of anilines is 1. The van der Waals surface area contributed by atoms with Crippen LogP contribution in [-0.2, 0) is 4.74 Å². The Morgan fingerprint density at radius 2 is 2.33 bits per heavy atom. The maximum absolute atomic E-state index is 5.86. The second-order valence-corrected chi connectivity index (χ2v) is 5.28. The maximum Gasteiger partial charge on any atom is 0.194 e. The summed E-state index contributed by atoms with van der Waals surface area (Å²) in [6, 6.07) is 6.41. The fourth-order valence-corrected chi connectivity index (χ4v) is 2.43. The lowest BCUT2D eigenvalue weighted by Gasteiger charge is -2.32. The molecule has 116 valence electrons. The topological polar surface area (TPSA) is 75.8 Å². The van der Waals surface area contributed by atoms with Crippen LogP contribution in [0.4, 0.5) is 5.82 Å². The van der Waals surface area contributed by atoms with E-state index in [1.165, 1.54) is 12.8 Å². The zero-order valence-electron chi connectivity index (χ0n) is 11.9. The van der Waals surface area contributed by atoms with Crippen molar-refractivity contribution in [2.24, 2.45) is 10.7 Å². The molecule has 2 aliphatic rings. The Hall–Kier alpha value is -0.930. The average molecular weight is 403 g/mol. The van der Waals surface area contributed by atoms with Crippen molar-refractivity contribution in [3.8, 4) is 0 Å². The smallest absolute Gasteiger partial charge is 0.194 e. The average Bonchev–Trinajstić information content (AvgIpc) is 3.31. The molecule has 1 saturated heterocycles. The molecule has 3 rings (SSSR count). The van der Waals surface area contributed by atoms with E-state index < -0.39 is 0 Å². The lowest BCUT2D eigenvalue weighted by Crippen LogP contribution is -2.45. The Morgan fingerprint density at radius 1 is 1.48 bits per heavy atom. The lowest BCUT2D eigenvalue weighted by molar-refractivity contribution is -0.0258. The van der Waals surface area contributed by atoms with Crippen LogP contribution in [0.1, 0.15) is 12.8 Å². The molecule has 3 N–H and O–H groups in total. The van der Waals surface area contributed by atoms with Crippen molar-refractivity contribution in [1.29, 1.82) is 0 Å². The lowest BCUT2D eigenvalue weighted by atomic mass is 10.2. The molecule has 1 aliphatic carbocycles. The Labute approximate surface area is 142 Å². The highest BCUT2D eigenvalue weighted by atomic mass is 127. The summed E-state index contributed by atoms with van der Waals surface area (Å²) < 4.78 is 5.74. The Kier molecular flexibility index (Phi) is 6.19. The molecule has 1 saturated carbocycles. The quantitative estimate of drug-likeness (QED) is 0.450. The molecule has 1 atom stereocenters. The van der Waals surface area contributed by atoms with Gasteiger partial charge in [-0.3, -0.25) is 9.89 Å². The van der Waals surface area contributed by atoms with E-state index in [0.717, 1.165) is 25.7 Å². The number of guanidine groups is 1. The van der Waals surface area contributed by atoms with Gasteiger partial charge >= 0.3 is 0 Å². The van der Waals surface area contributed by atoms with Gasteiger partial charge in [-0.2, -0.15) is 0 Å². The molecule has 1 aliphatic heterocycles. The van der Waals surface area contributed by atoms with Crippen LogP contribution in [0.15, 0.2) is 29.4 Å². The summed E-state index contributed by atoms with van der Waals surface area (Å²) in [6.07, 6.45) is 4.53. The van der Waals surface area contributed by atoms with E-state index >= 15 is 0 Å². The van der Waals surface area contributed by atoms with Crippen LogP contribution in [0.3, 0.4) is 0 Å². The second kappa shape index (κ2) is 7.90. The molecule has 6 nitrogen and oxygen atoms in total. The number of ether oxygens (including phenoxy) is 1. The predicted octanol–water partition coefficient (Wildman–Crippen LogP) is 1.29. The van der Waals surface area contributed by atoms with Crippen molar-refractivity contribution >= 4 is 35.8 Å². The Morgan fingerprint density at radius 3 is 3.05 bits per heavy atom. The number of pyridine rings is 1. The molecule has 7 heteroatoms. The zero-order chi connectivity index (χ0) is 13.8. The van der Waals surface area contributed by atoms with Crippen LogP contribution in [0, 0.1) is 0 Å². The van der Waals surface area contributed by atoms with Gasteiger partial charge in [0.1, 0.15) is 5.82 Å². The molecule has 0 bridgehead atoms. The van der Waals surface area contributed by atoms with E-state index in [-0.39, 0.29) is 30.1 Å². The fraction of sp³-hybridized carbons (Fsp3) is 0.571. The number of nitrogens with zero attached hydrogens (tertiary/aromatic N) is 3. The van der Waals surface area contributed by atoms with Gasteiger partial charge in [-0.25, -0.2) is 4.98 Å². The highest BCUT2D eigenvalue weighted by molar-refractivity contribution is 14.0. The van der Waals surface area contributed by atoms with E-state index in [9.17, 15) is 0 Å². The highest BCUT2D eigenvalue weighted by Crippen LogP contribution is 2.28. The number of nitrogens with one attached hydrogen (secondary N) is 1. The number of aromatic nitrogens is 1. The number of aliphatic imine (C=N–C) groups is 1. The summed E-state index contributed by atoms with van der Waals surface area (Å²) in [6.45, 7) is 3.40. The van der Waals surface area contributed by atoms with Crippen molar-refractivity contribution in [2.45, 2.75) is 25.0 Å². The van der Waals surface area contributed by atoms with E-state index in [2.05, 4.69) is 20.2 Å². The Balaban J connectivity index is 0.00000161. The molecule has 1 aromatic heterocycles. The van der Waals surface area contributed by atoms with Gasteiger partial charge in [-0.1, -0.05) is 6.07 Å². The number of nitrogens with two attached hydrogens (primary N) is 1. The van der Waals surface area contributed by atoms with Gasteiger partial charge in [0.05, 0.1) is 19.3 Å². The highest BCUT2D eigenvalue weighted by Gasteiger charge is 2.32. The molecule has 0 spiro atoms. The van der Waals surface area contributed by atoms with Crippen LogP contribution in [0.25, 0.3) is 0 Å². The molecule has 0 amide bonds. The second-order valence-electron chi connectivity index (χ2n) is 5.28. The third-order valence-electron chi connectivity index (χ3n) is 3.62. The summed E-state index contributed by atoms with van der Waals surface area (Å²) in [5.74, 6) is 1.09. The molecule has 1 unspecified atom stereocenters. The van der Waals surface area contributed by atoms with Gasteiger partial charge in [0.25, 0.3) is 0 Å². The third kappa shape index (κ3) is 5.08. The molecule has 21 heavy (non-hydrogen) atoms. The van der Waals surface area contributed by atoms with Gasteiger partial charge in [-0.15, -0.1) is 24.0 Å². The minimum absolute atomic E-state index is 0. The summed E-state index contributed by atoms with van der Waals surface area (Å²) >= 11 is 0. The van der Waals surface area contributed by atoms with E-state index in [0.29, 0.717) is 18.3 Å². The van der Waals surface area contributed by atoms with Gasteiger partial charge in [0.15, 0.2) is 5.96 Å². The molecule has 2 fully saturated rings. The van der Waals surface area contributed by atoms with Gasteiger partial charge in [0.2, 0.25) is 0 Å². The van der Waals surface area contributed by atoms with Crippen LogP contribution in [0.2, 0.25) is 0 Å². The monoisotopic (exact) mass is 403 g/mol. The van der Waals surface area contributed by atoms with E-state index in [4.69, 9.17) is 10.5 Å². The van der Waals surface area contributed by atoms with Crippen LogP contribution in [0.5, 0.6) is 0 Å². The van der Waals surface area contributed by atoms with Crippen LogP contribution < -0.4 is 11.1 Å². The maximum atomic E-state index is 5.86. The van der Waals surface area contributed by atoms with Crippen LogP contribution >= 0.6 is 24.0 Å². The molecule has 0 aromatic carbocycles. The van der Waals surface area contributed by atoms with E-state index in [1.54, 1.807) is 6.20 Å². The van der Waals surface area contributed by atoms with Crippen molar-refractivity contribution in [1.82, 2.24) is 9.88 Å². The fourth-order valence-electron chi connectivity index (χ4n) is 2.43. The standard InChI is InChI=1S/C14H21N5O.HI/c15-14(18-13-3-1-2-6-16-13)17-9-12-10-19(7-8-20-12)11-4-5-11;/h1-3,6,11-12H,4-5,7-10H2,(H3,15,16,17,18);1H. The number of rotatable bonds is 4.